The molecule has 1 aliphatic rings. The molecule has 1 saturated carbocycles. The number of nitrogens with zero attached hydrogens (tertiary/aromatic N) is 1. The molecule has 0 spiro atoms. The lowest BCUT2D eigenvalue weighted by Gasteiger charge is -2.25. The molecule has 0 amide bonds. The molecule has 0 aromatic heterocycles. The van der Waals surface area contributed by atoms with Gasteiger partial charge in [-0.15, -0.1) is 0 Å². The van der Waals surface area contributed by atoms with Crippen LogP contribution in [0.3, 0.4) is 0 Å². The first kappa shape index (κ1) is 15.3. The van der Waals surface area contributed by atoms with Crippen LogP contribution in [0.4, 0.5) is 10.1 Å². The number of anilines is 1. The first-order chi connectivity index (χ1) is 9.67. The molecular formula is C17H27FN2. The third-order valence-electron chi connectivity index (χ3n) is 3.93. The SMILES string of the molecule is CCCNC(C)c1ccc(N(CCC)C2CC2)c(F)c1. The Morgan fingerprint density at radius 2 is 2.05 bits per heavy atom. The Hall–Kier alpha value is -1.09. The van der Waals surface area contributed by atoms with Crippen molar-refractivity contribution in [3.63, 3.8) is 0 Å². The van der Waals surface area contributed by atoms with Gasteiger partial charge in [-0.1, -0.05) is 19.9 Å². The standard InChI is InChI=1S/C17H27FN2/c1-4-10-19-13(3)14-6-9-17(16(18)12-14)20(11-5-2)15-7-8-15/h6,9,12-13,15,19H,4-5,7-8,10-11H2,1-3H3. The van der Waals surface area contributed by atoms with Crippen molar-refractivity contribution in [3.05, 3.63) is 29.6 Å². The minimum Gasteiger partial charge on any atom is -0.366 e. The molecule has 1 fully saturated rings. The average molecular weight is 278 g/mol. The maximum absolute atomic E-state index is 14.4. The summed E-state index contributed by atoms with van der Waals surface area (Å²) in [4.78, 5) is 2.24. The fourth-order valence-electron chi connectivity index (χ4n) is 2.63. The van der Waals surface area contributed by atoms with Crippen molar-refractivity contribution in [2.75, 3.05) is 18.0 Å². The summed E-state index contributed by atoms with van der Waals surface area (Å²) >= 11 is 0. The Bertz CT molecular complexity index is 429. The zero-order valence-corrected chi connectivity index (χ0v) is 13.0. The molecule has 2 rings (SSSR count). The van der Waals surface area contributed by atoms with Gasteiger partial charge in [-0.3, -0.25) is 0 Å². The number of hydrogen-bond donors (Lipinski definition) is 1. The second-order valence-corrected chi connectivity index (χ2v) is 5.81. The van der Waals surface area contributed by atoms with Crippen molar-refractivity contribution >= 4 is 5.69 Å². The van der Waals surface area contributed by atoms with Crippen molar-refractivity contribution < 1.29 is 4.39 Å². The van der Waals surface area contributed by atoms with E-state index in [0.29, 0.717) is 6.04 Å². The van der Waals surface area contributed by atoms with Crippen LogP contribution in [0.2, 0.25) is 0 Å². The van der Waals surface area contributed by atoms with Gasteiger partial charge < -0.3 is 10.2 Å². The number of rotatable bonds is 8. The van der Waals surface area contributed by atoms with Crippen molar-refractivity contribution in [3.8, 4) is 0 Å². The van der Waals surface area contributed by atoms with Crippen molar-refractivity contribution in [1.82, 2.24) is 5.32 Å². The van der Waals surface area contributed by atoms with Crippen molar-refractivity contribution in [1.29, 1.82) is 0 Å². The van der Waals surface area contributed by atoms with E-state index in [2.05, 4.69) is 37.1 Å². The van der Waals surface area contributed by atoms with Gasteiger partial charge in [-0.2, -0.15) is 0 Å². The smallest absolute Gasteiger partial charge is 0.146 e. The van der Waals surface area contributed by atoms with Gasteiger partial charge in [-0.05, 0) is 56.8 Å². The maximum Gasteiger partial charge on any atom is 0.146 e. The Balaban J connectivity index is 2.11. The van der Waals surface area contributed by atoms with Crippen LogP contribution in [0, 0.1) is 5.82 Å². The van der Waals surface area contributed by atoms with Gasteiger partial charge in [0.2, 0.25) is 0 Å². The van der Waals surface area contributed by atoms with Crippen LogP contribution in [0.15, 0.2) is 18.2 Å². The van der Waals surface area contributed by atoms with Crippen LogP contribution in [0.5, 0.6) is 0 Å². The molecule has 0 saturated heterocycles. The van der Waals surface area contributed by atoms with Gasteiger partial charge in [0.1, 0.15) is 5.82 Å². The first-order valence-electron chi connectivity index (χ1n) is 7.96. The zero-order chi connectivity index (χ0) is 14.5. The highest BCUT2D eigenvalue weighted by molar-refractivity contribution is 5.51. The number of nitrogens with one attached hydrogen (secondary N) is 1. The van der Waals surface area contributed by atoms with Gasteiger partial charge in [0.05, 0.1) is 5.69 Å². The van der Waals surface area contributed by atoms with Crippen LogP contribution >= 0.6 is 0 Å². The van der Waals surface area contributed by atoms with E-state index in [0.717, 1.165) is 37.2 Å². The molecule has 2 nitrogen and oxygen atoms in total. The fraction of sp³-hybridized carbons (Fsp3) is 0.647. The van der Waals surface area contributed by atoms with E-state index in [9.17, 15) is 4.39 Å². The van der Waals surface area contributed by atoms with E-state index in [-0.39, 0.29) is 11.9 Å². The highest BCUT2D eigenvalue weighted by Gasteiger charge is 2.30. The Kier molecular flexibility index (Phi) is 5.41. The van der Waals surface area contributed by atoms with Gasteiger partial charge >= 0.3 is 0 Å². The molecule has 1 aromatic carbocycles. The first-order valence-corrected chi connectivity index (χ1v) is 7.96. The summed E-state index contributed by atoms with van der Waals surface area (Å²) in [5.74, 6) is -0.0759. The lowest BCUT2D eigenvalue weighted by Crippen LogP contribution is -2.27. The molecule has 112 valence electrons. The van der Waals surface area contributed by atoms with E-state index in [1.807, 2.05) is 6.07 Å². The molecular weight excluding hydrogens is 251 g/mol. The van der Waals surface area contributed by atoms with Gasteiger partial charge in [0.25, 0.3) is 0 Å². The second-order valence-electron chi connectivity index (χ2n) is 5.81. The van der Waals surface area contributed by atoms with Crippen molar-refractivity contribution in [2.45, 2.75) is 58.5 Å². The second kappa shape index (κ2) is 7.07. The maximum atomic E-state index is 14.4. The molecule has 0 heterocycles. The zero-order valence-electron chi connectivity index (χ0n) is 13.0. The summed E-state index contributed by atoms with van der Waals surface area (Å²) in [6.07, 6.45) is 4.56. The average Bonchev–Trinajstić information content (AvgIpc) is 3.27. The quantitative estimate of drug-likeness (QED) is 0.764. The molecule has 1 atom stereocenters. The van der Waals surface area contributed by atoms with E-state index in [1.165, 1.54) is 12.8 Å². The predicted molar refractivity (Wildman–Crippen MR) is 83.8 cm³/mol. The monoisotopic (exact) mass is 278 g/mol. The van der Waals surface area contributed by atoms with Gasteiger partial charge in [0, 0.05) is 18.6 Å². The molecule has 3 heteroatoms. The summed E-state index contributed by atoms with van der Waals surface area (Å²) in [7, 11) is 0. The Morgan fingerprint density at radius 3 is 2.60 bits per heavy atom. The minimum atomic E-state index is -0.0759. The van der Waals surface area contributed by atoms with E-state index < -0.39 is 0 Å². The molecule has 0 radical (unpaired) electrons. The third kappa shape index (κ3) is 3.72. The number of benzene rings is 1. The van der Waals surface area contributed by atoms with Crippen LogP contribution in [-0.2, 0) is 0 Å². The third-order valence-corrected chi connectivity index (χ3v) is 3.93. The van der Waals surface area contributed by atoms with Gasteiger partial charge in [0.15, 0.2) is 0 Å². The minimum absolute atomic E-state index is 0.0759. The predicted octanol–water partition coefficient (Wildman–Crippen LogP) is 4.27. The lowest BCUT2D eigenvalue weighted by molar-refractivity contribution is 0.560. The summed E-state index contributed by atoms with van der Waals surface area (Å²) in [6, 6.07) is 6.50. The largest absolute Gasteiger partial charge is 0.366 e. The van der Waals surface area contributed by atoms with Crippen LogP contribution in [0.25, 0.3) is 0 Å². The molecule has 0 bridgehead atoms. The van der Waals surface area contributed by atoms with Gasteiger partial charge in [-0.25, -0.2) is 4.39 Å². The molecule has 1 aromatic rings. The molecule has 0 aliphatic heterocycles. The van der Waals surface area contributed by atoms with Crippen LogP contribution in [-0.4, -0.2) is 19.1 Å². The normalized spacial score (nSPS) is 16.2. The Morgan fingerprint density at radius 1 is 1.30 bits per heavy atom. The highest BCUT2D eigenvalue weighted by atomic mass is 19.1. The highest BCUT2D eigenvalue weighted by Crippen LogP contribution is 2.34. The molecule has 20 heavy (non-hydrogen) atoms. The molecule has 1 N–H and O–H groups in total. The molecule has 1 aliphatic carbocycles. The summed E-state index contributed by atoms with van der Waals surface area (Å²) in [6.45, 7) is 8.30. The Labute approximate surface area is 122 Å². The number of halogens is 1. The summed E-state index contributed by atoms with van der Waals surface area (Å²) in [5, 5.41) is 3.40. The van der Waals surface area contributed by atoms with Crippen LogP contribution < -0.4 is 10.2 Å². The summed E-state index contributed by atoms with van der Waals surface area (Å²) < 4.78 is 14.4. The fourth-order valence-corrected chi connectivity index (χ4v) is 2.63. The lowest BCUT2D eigenvalue weighted by atomic mass is 10.1. The number of hydrogen-bond acceptors (Lipinski definition) is 2. The molecule has 1 unspecified atom stereocenters. The van der Waals surface area contributed by atoms with Crippen LogP contribution in [0.1, 0.15) is 58.1 Å². The van der Waals surface area contributed by atoms with E-state index >= 15 is 0 Å². The van der Waals surface area contributed by atoms with Crippen molar-refractivity contribution in [2.24, 2.45) is 0 Å². The summed E-state index contributed by atoms with van der Waals surface area (Å²) in [5.41, 5.74) is 1.81. The topological polar surface area (TPSA) is 15.3 Å². The van der Waals surface area contributed by atoms with E-state index in [4.69, 9.17) is 0 Å². The van der Waals surface area contributed by atoms with E-state index in [1.54, 1.807) is 6.07 Å².